The third-order valence-corrected chi connectivity index (χ3v) is 4.64. The molecule has 0 fully saturated rings. The van der Waals surface area contributed by atoms with Gasteiger partial charge in [-0.2, -0.15) is 10.1 Å². The highest BCUT2D eigenvalue weighted by atomic mass is 16.3. The van der Waals surface area contributed by atoms with Gasteiger partial charge >= 0.3 is 5.69 Å². The largest absolute Gasteiger partial charge is 0.387 e. The molecule has 2 aromatic heterocycles. The van der Waals surface area contributed by atoms with E-state index in [0.29, 0.717) is 43.9 Å². The van der Waals surface area contributed by atoms with Crippen molar-refractivity contribution >= 4 is 5.91 Å². The first-order chi connectivity index (χ1) is 11.8. The summed E-state index contributed by atoms with van der Waals surface area (Å²) in [5, 5.41) is 14.0. The van der Waals surface area contributed by atoms with Crippen molar-refractivity contribution in [3.8, 4) is 0 Å². The topological polar surface area (TPSA) is 104 Å². The second-order valence-corrected chi connectivity index (χ2v) is 6.51. The van der Waals surface area contributed by atoms with Crippen LogP contribution >= 0.6 is 0 Å². The number of carbonyl (C=O) groups is 1. The number of fused-ring (bicyclic) bond motifs is 1. The van der Waals surface area contributed by atoms with Gasteiger partial charge in [0, 0.05) is 24.4 Å². The van der Waals surface area contributed by atoms with E-state index in [1.54, 1.807) is 13.8 Å². The molecule has 1 aliphatic heterocycles. The Hall–Kier alpha value is -2.48. The Bertz CT molecular complexity index is 826. The van der Waals surface area contributed by atoms with Crippen molar-refractivity contribution in [2.45, 2.75) is 52.8 Å². The second kappa shape index (κ2) is 6.79. The first-order valence-corrected chi connectivity index (χ1v) is 8.44. The maximum Gasteiger partial charge on any atom is 0.345 e. The number of aliphatic hydroxyl groups is 1. The van der Waals surface area contributed by atoms with E-state index in [0.717, 1.165) is 17.0 Å². The number of aryl methyl sites for hydroxylation is 2. The van der Waals surface area contributed by atoms with E-state index >= 15 is 0 Å². The first-order valence-electron chi connectivity index (χ1n) is 8.44. The molecule has 8 nitrogen and oxygen atoms in total. The number of H-pyrrole nitrogens is 1. The van der Waals surface area contributed by atoms with E-state index < -0.39 is 6.10 Å². The number of amides is 1. The summed E-state index contributed by atoms with van der Waals surface area (Å²) in [7, 11) is 0. The zero-order chi connectivity index (χ0) is 18.1. The van der Waals surface area contributed by atoms with Crippen molar-refractivity contribution in [2.75, 3.05) is 6.54 Å². The van der Waals surface area contributed by atoms with E-state index in [2.05, 4.69) is 15.1 Å². The monoisotopic (exact) mass is 345 g/mol. The highest BCUT2D eigenvalue weighted by molar-refractivity contribution is 5.76. The van der Waals surface area contributed by atoms with E-state index in [9.17, 15) is 14.7 Å². The molecule has 25 heavy (non-hydrogen) atoms. The van der Waals surface area contributed by atoms with E-state index in [1.807, 2.05) is 22.6 Å². The van der Waals surface area contributed by atoms with Gasteiger partial charge in [0.25, 0.3) is 0 Å². The van der Waals surface area contributed by atoms with Gasteiger partial charge in [0.15, 0.2) is 0 Å². The minimum atomic E-state index is -0.610. The summed E-state index contributed by atoms with van der Waals surface area (Å²) in [5.41, 5.74) is 3.58. The highest BCUT2D eigenvalue weighted by Crippen LogP contribution is 2.19. The summed E-state index contributed by atoms with van der Waals surface area (Å²) in [4.78, 5) is 32.3. The summed E-state index contributed by atoms with van der Waals surface area (Å²) < 4.78 is 1.85. The lowest BCUT2D eigenvalue weighted by Crippen LogP contribution is -2.38. The fourth-order valence-corrected chi connectivity index (χ4v) is 3.22. The van der Waals surface area contributed by atoms with Crippen LogP contribution in [0.3, 0.4) is 0 Å². The zero-order valence-corrected chi connectivity index (χ0v) is 14.7. The van der Waals surface area contributed by atoms with Crippen LogP contribution < -0.4 is 5.69 Å². The summed E-state index contributed by atoms with van der Waals surface area (Å²) in [6, 6.07) is 1.85. The van der Waals surface area contributed by atoms with Gasteiger partial charge in [0.2, 0.25) is 5.91 Å². The summed E-state index contributed by atoms with van der Waals surface area (Å²) in [5.74, 6) is 0.0658. The Morgan fingerprint density at radius 1 is 1.40 bits per heavy atom. The number of aromatic amines is 1. The van der Waals surface area contributed by atoms with Gasteiger partial charge in [-0.25, -0.2) is 4.79 Å². The number of aromatic nitrogens is 4. The SMILES string of the molecule is Cc1nc(=O)[nH]c(C)c1CCC(=O)N1CCn2nc([C@@H](C)O)cc2C1. The van der Waals surface area contributed by atoms with Gasteiger partial charge in [-0.05, 0) is 38.8 Å². The molecule has 2 N–H and O–H groups in total. The lowest BCUT2D eigenvalue weighted by Gasteiger charge is -2.27. The van der Waals surface area contributed by atoms with Gasteiger partial charge in [0.05, 0.1) is 30.6 Å². The number of hydrogen-bond donors (Lipinski definition) is 2. The number of hydrogen-bond acceptors (Lipinski definition) is 5. The molecule has 0 unspecified atom stereocenters. The van der Waals surface area contributed by atoms with Crippen molar-refractivity contribution in [2.24, 2.45) is 0 Å². The summed E-state index contributed by atoms with van der Waals surface area (Å²) >= 11 is 0. The van der Waals surface area contributed by atoms with Crippen LogP contribution in [0.1, 0.15) is 47.8 Å². The Labute approximate surface area is 145 Å². The van der Waals surface area contributed by atoms with Crippen molar-refractivity contribution in [3.63, 3.8) is 0 Å². The predicted octanol–water partition coefficient (Wildman–Crippen LogP) is 0.612. The lowest BCUT2D eigenvalue weighted by atomic mass is 10.1. The molecule has 0 radical (unpaired) electrons. The average Bonchev–Trinajstić information content (AvgIpc) is 2.97. The Morgan fingerprint density at radius 3 is 2.84 bits per heavy atom. The molecule has 8 heteroatoms. The van der Waals surface area contributed by atoms with Crippen LogP contribution in [0.2, 0.25) is 0 Å². The minimum absolute atomic E-state index is 0.0658. The molecule has 1 atom stereocenters. The molecule has 1 amide bonds. The van der Waals surface area contributed by atoms with Gasteiger partial charge in [0.1, 0.15) is 0 Å². The van der Waals surface area contributed by atoms with E-state index in [1.165, 1.54) is 0 Å². The average molecular weight is 345 g/mol. The quantitative estimate of drug-likeness (QED) is 0.845. The third kappa shape index (κ3) is 3.63. The summed E-state index contributed by atoms with van der Waals surface area (Å²) in [6.45, 7) is 7.03. The van der Waals surface area contributed by atoms with Crippen LogP contribution in [-0.4, -0.2) is 42.2 Å². The highest BCUT2D eigenvalue weighted by Gasteiger charge is 2.23. The molecule has 0 bridgehead atoms. The van der Waals surface area contributed by atoms with Crippen LogP contribution in [0, 0.1) is 13.8 Å². The van der Waals surface area contributed by atoms with Gasteiger partial charge < -0.3 is 15.0 Å². The van der Waals surface area contributed by atoms with Crippen molar-refractivity contribution < 1.29 is 9.90 Å². The smallest absolute Gasteiger partial charge is 0.345 e. The number of nitrogens with one attached hydrogen (secondary N) is 1. The number of rotatable bonds is 4. The number of carbonyl (C=O) groups excluding carboxylic acids is 1. The van der Waals surface area contributed by atoms with Crippen LogP contribution in [0.15, 0.2) is 10.9 Å². The van der Waals surface area contributed by atoms with Gasteiger partial charge in [-0.3, -0.25) is 9.48 Å². The molecule has 3 heterocycles. The standard InChI is InChI=1S/C17H23N5O3/c1-10-14(11(2)19-17(25)18-10)4-5-16(24)21-6-7-22-13(9-21)8-15(20-22)12(3)23/h8,12,23H,4-7,9H2,1-3H3,(H,18,19,25)/t12-/m1/s1. The van der Waals surface area contributed by atoms with Crippen LogP contribution in [-0.2, 0) is 24.3 Å². The molecule has 0 saturated heterocycles. The van der Waals surface area contributed by atoms with Crippen molar-refractivity contribution in [3.05, 3.63) is 44.9 Å². The second-order valence-electron chi connectivity index (χ2n) is 6.51. The van der Waals surface area contributed by atoms with Crippen LogP contribution in [0.5, 0.6) is 0 Å². The molecule has 0 spiro atoms. The van der Waals surface area contributed by atoms with Crippen molar-refractivity contribution in [1.82, 2.24) is 24.6 Å². The fraction of sp³-hybridized carbons (Fsp3) is 0.529. The molecule has 1 aliphatic rings. The number of nitrogens with zero attached hydrogens (tertiary/aromatic N) is 4. The normalized spacial score (nSPS) is 15.1. The predicted molar refractivity (Wildman–Crippen MR) is 90.9 cm³/mol. The molecule has 134 valence electrons. The maximum absolute atomic E-state index is 12.6. The van der Waals surface area contributed by atoms with Gasteiger partial charge in [-0.15, -0.1) is 0 Å². The molecular formula is C17H23N5O3. The molecule has 0 aliphatic carbocycles. The first kappa shape index (κ1) is 17.3. The molecule has 2 aromatic rings. The van der Waals surface area contributed by atoms with E-state index in [-0.39, 0.29) is 11.6 Å². The van der Waals surface area contributed by atoms with Crippen LogP contribution in [0.25, 0.3) is 0 Å². The van der Waals surface area contributed by atoms with Crippen molar-refractivity contribution in [1.29, 1.82) is 0 Å². The minimum Gasteiger partial charge on any atom is -0.387 e. The molecule has 0 saturated carbocycles. The Kier molecular flexibility index (Phi) is 4.71. The molecule has 3 rings (SSSR count). The lowest BCUT2D eigenvalue weighted by molar-refractivity contribution is -0.132. The Balaban J connectivity index is 1.65. The van der Waals surface area contributed by atoms with E-state index in [4.69, 9.17) is 0 Å². The zero-order valence-electron chi connectivity index (χ0n) is 14.7. The number of aliphatic hydroxyl groups excluding tert-OH is 1. The van der Waals surface area contributed by atoms with Crippen LogP contribution in [0.4, 0.5) is 0 Å². The van der Waals surface area contributed by atoms with Gasteiger partial charge in [-0.1, -0.05) is 0 Å². The Morgan fingerprint density at radius 2 is 2.16 bits per heavy atom. The maximum atomic E-state index is 12.6. The summed E-state index contributed by atoms with van der Waals surface area (Å²) in [6.07, 6.45) is 0.308. The molecule has 0 aromatic carbocycles. The fourth-order valence-electron chi connectivity index (χ4n) is 3.22. The third-order valence-electron chi connectivity index (χ3n) is 4.64. The molecular weight excluding hydrogens is 322 g/mol.